The molecule has 4 aromatic rings. The number of aromatic amines is 1. The van der Waals surface area contributed by atoms with Crippen LogP contribution in [0, 0.1) is 32.1 Å². The van der Waals surface area contributed by atoms with Crippen molar-refractivity contribution in [2.24, 2.45) is 0 Å². The average Bonchev–Trinajstić information content (AvgIpc) is 3.62. The maximum atomic E-state index is 14.4. The minimum atomic E-state index is -1.08. The lowest BCUT2D eigenvalue weighted by atomic mass is 10.0. The highest BCUT2D eigenvalue weighted by atomic mass is 16.5. The molecule has 2 N–H and O–H groups in total. The molecule has 2 unspecified atom stereocenters. The Morgan fingerprint density at radius 1 is 1.16 bits per heavy atom. The van der Waals surface area contributed by atoms with E-state index in [9.17, 15) is 20.0 Å². The molecule has 0 spiro atoms. The van der Waals surface area contributed by atoms with E-state index in [1.165, 1.54) is 4.90 Å². The van der Waals surface area contributed by atoms with Gasteiger partial charge in [0.1, 0.15) is 17.9 Å². The summed E-state index contributed by atoms with van der Waals surface area (Å²) in [6.45, 7) is 7.75. The molecule has 43 heavy (non-hydrogen) atoms. The molecule has 3 aromatic heterocycles. The van der Waals surface area contributed by atoms with E-state index < -0.39 is 12.1 Å². The number of ether oxygens (including phenoxy) is 1. The maximum absolute atomic E-state index is 14.4. The molecule has 0 saturated carbocycles. The fourth-order valence-corrected chi connectivity index (χ4v) is 6.22. The molecule has 224 valence electrons. The largest absolute Gasteiger partial charge is 0.465 e. The Morgan fingerprint density at radius 2 is 1.98 bits per heavy atom. The SMILES string of the molecule is Cc1cc2[nH]ncc2c(-n2c(C)nc3c(N4CCN(C(=O)O)C(CC#N)C4)nc(OCC4CCCN4C)nc3c2=O)c1C. The topological polar surface area (TPSA) is 169 Å². The van der Waals surface area contributed by atoms with Crippen molar-refractivity contribution in [3.8, 4) is 17.8 Å². The first-order chi connectivity index (χ1) is 20.7. The molecule has 2 saturated heterocycles. The maximum Gasteiger partial charge on any atom is 0.407 e. The van der Waals surface area contributed by atoms with Crippen LogP contribution in [0.15, 0.2) is 17.1 Å². The average molecular weight is 587 g/mol. The number of aryl methyl sites for hydroxylation is 2. The van der Waals surface area contributed by atoms with Gasteiger partial charge < -0.3 is 24.5 Å². The van der Waals surface area contributed by atoms with Gasteiger partial charge in [0.2, 0.25) is 0 Å². The summed E-state index contributed by atoms with van der Waals surface area (Å²) < 4.78 is 7.69. The van der Waals surface area contributed by atoms with Gasteiger partial charge in [-0.1, -0.05) is 0 Å². The fourth-order valence-electron chi connectivity index (χ4n) is 6.22. The third-order valence-corrected chi connectivity index (χ3v) is 8.73. The molecule has 2 aliphatic heterocycles. The number of hydrogen-bond acceptors (Lipinski definition) is 10. The predicted molar refractivity (Wildman–Crippen MR) is 159 cm³/mol. The van der Waals surface area contributed by atoms with Crippen molar-refractivity contribution >= 4 is 33.8 Å². The second-order valence-electron chi connectivity index (χ2n) is 11.4. The molecule has 2 aliphatic rings. The zero-order valence-electron chi connectivity index (χ0n) is 24.7. The Bertz CT molecular complexity index is 1830. The third-order valence-electron chi connectivity index (χ3n) is 8.73. The van der Waals surface area contributed by atoms with Crippen LogP contribution in [0.2, 0.25) is 0 Å². The number of fused-ring (bicyclic) bond motifs is 2. The molecule has 14 heteroatoms. The summed E-state index contributed by atoms with van der Waals surface area (Å²) in [6.07, 6.45) is 2.71. The van der Waals surface area contributed by atoms with Crippen molar-refractivity contribution in [1.82, 2.24) is 39.5 Å². The molecule has 6 rings (SSSR count). The van der Waals surface area contributed by atoms with Crippen LogP contribution in [0.25, 0.3) is 27.6 Å². The normalized spacial score (nSPS) is 19.3. The van der Waals surface area contributed by atoms with Crippen LogP contribution < -0.4 is 15.2 Å². The van der Waals surface area contributed by atoms with E-state index in [-0.39, 0.29) is 42.6 Å². The molecular weight excluding hydrogens is 552 g/mol. The summed E-state index contributed by atoms with van der Waals surface area (Å²) in [5.74, 6) is 0.826. The third kappa shape index (κ3) is 4.99. The highest BCUT2D eigenvalue weighted by Crippen LogP contribution is 2.31. The lowest BCUT2D eigenvalue weighted by Gasteiger charge is -2.39. The number of aromatic nitrogens is 6. The zero-order valence-corrected chi connectivity index (χ0v) is 24.7. The van der Waals surface area contributed by atoms with Crippen LogP contribution >= 0.6 is 0 Å². The van der Waals surface area contributed by atoms with Gasteiger partial charge in [-0.25, -0.2) is 9.78 Å². The number of amides is 1. The summed E-state index contributed by atoms with van der Waals surface area (Å²) in [5, 5.41) is 27.1. The number of carboxylic acid groups (broad SMARTS) is 1. The molecule has 2 atom stereocenters. The molecule has 0 aliphatic carbocycles. The first-order valence-electron chi connectivity index (χ1n) is 14.4. The first-order valence-corrected chi connectivity index (χ1v) is 14.4. The van der Waals surface area contributed by atoms with Crippen LogP contribution in [0.3, 0.4) is 0 Å². The highest BCUT2D eigenvalue weighted by molar-refractivity contribution is 5.91. The van der Waals surface area contributed by atoms with Crippen molar-refractivity contribution in [2.45, 2.75) is 52.1 Å². The number of anilines is 1. The number of nitrogens with zero attached hydrogens (tertiary/aromatic N) is 9. The van der Waals surface area contributed by atoms with Gasteiger partial charge in [-0.15, -0.1) is 0 Å². The Balaban J connectivity index is 1.52. The summed E-state index contributed by atoms with van der Waals surface area (Å²) in [4.78, 5) is 45.8. The monoisotopic (exact) mass is 586 g/mol. The number of piperazine rings is 1. The number of nitriles is 1. The van der Waals surface area contributed by atoms with Crippen molar-refractivity contribution in [3.05, 3.63) is 39.6 Å². The second-order valence-corrected chi connectivity index (χ2v) is 11.4. The number of carbonyl (C=O) groups is 1. The van der Waals surface area contributed by atoms with Crippen molar-refractivity contribution in [3.63, 3.8) is 0 Å². The molecule has 5 heterocycles. The van der Waals surface area contributed by atoms with Crippen molar-refractivity contribution in [2.75, 3.05) is 44.7 Å². The number of rotatable bonds is 6. The van der Waals surface area contributed by atoms with Crippen LogP contribution in [0.1, 0.15) is 36.2 Å². The van der Waals surface area contributed by atoms with Gasteiger partial charge in [-0.2, -0.15) is 20.3 Å². The minimum absolute atomic E-state index is 0.0236. The summed E-state index contributed by atoms with van der Waals surface area (Å²) in [6, 6.07) is 3.79. The Labute approximate surface area is 247 Å². The molecule has 0 radical (unpaired) electrons. The summed E-state index contributed by atoms with van der Waals surface area (Å²) in [5.41, 5.74) is 3.42. The predicted octanol–water partition coefficient (Wildman–Crippen LogP) is 2.53. The standard InChI is InChI=1S/C29H34N10O4/c1-16-12-22-21(13-31-35-22)25(17(16)2)39-18(3)32-23-24(27(39)40)33-28(43-15-20-6-5-9-36(20)4)34-26(23)37-10-11-38(29(41)42)19(14-37)7-8-30/h12-13,19-20H,5-7,9-11,14-15H2,1-4H3,(H,31,35)(H,41,42). The minimum Gasteiger partial charge on any atom is -0.465 e. The quantitative estimate of drug-likeness (QED) is 0.340. The summed E-state index contributed by atoms with van der Waals surface area (Å²) in [7, 11) is 2.05. The van der Waals surface area contributed by atoms with E-state index in [2.05, 4.69) is 33.2 Å². The lowest BCUT2D eigenvalue weighted by Crippen LogP contribution is -2.55. The van der Waals surface area contributed by atoms with Gasteiger partial charge in [-0.3, -0.25) is 14.5 Å². The highest BCUT2D eigenvalue weighted by Gasteiger charge is 2.33. The van der Waals surface area contributed by atoms with E-state index in [4.69, 9.17) is 14.7 Å². The van der Waals surface area contributed by atoms with E-state index in [1.54, 1.807) is 17.7 Å². The van der Waals surface area contributed by atoms with Gasteiger partial charge in [0.15, 0.2) is 11.3 Å². The Kier molecular flexibility index (Phi) is 7.35. The van der Waals surface area contributed by atoms with Crippen LogP contribution in [0.5, 0.6) is 6.01 Å². The zero-order chi connectivity index (χ0) is 30.4. The van der Waals surface area contributed by atoms with Crippen LogP contribution in [0.4, 0.5) is 10.6 Å². The Hall–Kier alpha value is -4.77. The molecule has 0 bridgehead atoms. The van der Waals surface area contributed by atoms with Crippen LogP contribution in [-0.4, -0.2) is 103 Å². The molecular formula is C29H34N10O4. The van der Waals surface area contributed by atoms with E-state index in [0.29, 0.717) is 36.0 Å². The number of nitrogens with one attached hydrogen (secondary N) is 1. The number of likely N-dealkylation sites (N-methyl/N-ethyl adjacent to an activating group) is 1. The van der Waals surface area contributed by atoms with Gasteiger partial charge in [-0.05, 0) is 64.4 Å². The van der Waals surface area contributed by atoms with E-state index in [0.717, 1.165) is 41.4 Å². The molecule has 14 nitrogen and oxygen atoms in total. The van der Waals surface area contributed by atoms with Gasteiger partial charge in [0.25, 0.3) is 5.56 Å². The number of H-pyrrole nitrogens is 1. The first kappa shape index (κ1) is 28.4. The lowest BCUT2D eigenvalue weighted by molar-refractivity contribution is 0.119. The van der Waals surface area contributed by atoms with Crippen LogP contribution in [-0.2, 0) is 0 Å². The number of hydrogen-bond donors (Lipinski definition) is 2. The fraction of sp³-hybridized carbons (Fsp3) is 0.483. The molecule has 1 aromatic carbocycles. The number of benzene rings is 1. The summed E-state index contributed by atoms with van der Waals surface area (Å²) >= 11 is 0. The van der Waals surface area contributed by atoms with Gasteiger partial charge in [0, 0.05) is 31.1 Å². The Morgan fingerprint density at radius 3 is 2.70 bits per heavy atom. The van der Waals surface area contributed by atoms with Crippen molar-refractivity contribution < 1.29 is 14.6 Å². The smallest absolute Gasteiger partial charge is 0.407 e. The molecule has 2 fully saturated rings. The van der Waals surface area contributed by atoms with Crippen molar-refractivity contribution in [1.29, 1.82) is 5.26 Å². The number of likely N-dealkylation sites (tertiary alicyclic amines) is 1. The van der Waals surface area contributed by atoms with Gasteiger partial charge in [0.05, 0.1) is 35.9 Å². The second kappa shape index (κ2) is 11.1. The molecule has 1 amide bonds. The van der Waals surface area contributed by atoms with E-state index in [1.807, 2.05) is 24.8 Å². The van der Waals surface area contributed by atoms with Gasteiger partial charge >= 0.3 is 12.1 Å². The van der Waals surface area contributed by atoms with E-state index >= 15 is 0 Å².